The van der Waals surface area contributed by atoms with Gasteiger partial charge in [0.15, 0.2) is 0 Å². The lowest BCUT2D eigenvalue weighted by atomic mass is 9.99. The highest BCUT2D eigenvalue weighted by molar-refractivity contribution is 6.09. The molecule has 0 saturated carbocycles. The maximum absolute atomic E-state index is 12.7. The number of carbonyl (C=O) groups is 1. The Morgan fingerprint density at radius 1 is 1.44 bits per heavy atom. The summed E-state index contributed by atoms with van der Waals surface area (Å²) < 4.78 is 6.64. The third-order valence-corrected chi connectivity index (χ3v) is 3.98. The van der Waals surface area contributed by atoms with Crippen LogP contribution in [0.5, 0.6) is 0 Å². The Morgan fingerprint density at radius 2 is 2.11 bits per heavy atom. The summed E-state index contributed by atoms with van der Waals surface area (Å²) >= 11 is 0. The molecule has 0 fully saturated rings. The molecule has 2 aromatic rings. The Balaban J connectivity index is 2.66. The van der Waals surface area contributed by atoms with Gasteiger partial charge in [-0.3, -0.25) is 14.3 Å². The first kappa shape index (κ1) is 20.1. The Kier molecular flexibility index (Phi) is 6.62. The number of pyridine rings is 2. The van der Waals surface area contributed by atoms with Gasteiger partial charge in [-0.25, -0.2) is 4.79 Å². The minimum absolute atomic E-state index is 0.282. The van der Waals surface area contributed by atoms with E-state index in [0.717, 1.165) is 6.21 Å². The summed E-state index contributed by atoms with van der Waals surface area (Å²) in [5.74, 6) is -1.32. The Bertz CT molecular complexity index is 919. The third kappa shape index (κ3) is 4.48. The van der Waals surface area contributed by atoms with Crippen LogP contribution in [0, 0.1) is 12.3 Å². The molecular formula is C19H22N4O4. The average molecular weight is 370 g/mol. The van der Waals surface area contributed by atoms with Crippen LogP contribution < -0.4 is 10.9 Å². The van der Waals surface area contributed by atoms with E-state index in [0.29, 0.717) is 29.0 Å². The van der Waals surface area contributed by atoms with E-state index in [1.807, 2.05) is 13.8 Å². The van der Waals surface area contributed by atoms with Crippen molar-refractivity contribution in [2.45, 2.75) is 27.0 Å². The van der Waals surface area contributed by atoms with Crippen LogP contribution in [0.1, 0.15) is 35.3 Å². The van der Waals surface area contributed by atoms with E-state index < -0.39 is 11.5 Å². The number of nitrogens with zero attached hydrogens (tertiary/aromatic N) is 2. The van der Waals surface area contributed by atoms with E-state index in [-0.39, 0.29) is 11.8 Å². The number of hydrogen-bond donors (Lipinski definition) is 3. The van der Waals surface area contributed by atoms with E-state index in [1.165, 1.54) is 23.2 Å². The van der Waals surface area contributed by atoms with Gasteiger partial charge in [-0.05, 0) is 38.5 Å². The SMILES string of the molecule is CCOC(C)N/C=C(\C=N)c1cn(-c2ccncc2)c(=O)c(C(=O)O)c1C. The summed E-state index contributed by atoms with van der Waals surface area (Å²) in [5.41, 5.74) is 0.668. The van der Waals surface area contributed by atoms with Crippen LogP contribution in [0.15, 0.2) is 41.7 Å². The molecule has 8 nitrogen and oxygen atoms in total. The van der Waals surface area contributed by atoms with Crippen molar-refractivity contribution in [3.8, 4) is 5.69 Å². The van der Waals surface area contributed by atoms with Gasteiger partial charge in [-0.2, -0.15) is 0 Å². The van der Waals surface area contributed by atoms with Crippen molar-refractivity contribution in [3.63, 3.8) is 0 Å². The molecule has 3 N–H and O–H groups in total. The lowest BCUT2D eigenvalue weighted by Crippen LogP contribution is -2.28. The first-order valence-electron chi connectivity index (χ1n) is 8.39. The van der Waals surface area contributed by atoms with Gasteiger partial charge in [0, 0.05) is 48.7 Å². The summed E-state index contributed by atoms with van der Waals surface area (Å²) in [6.07, 6.45) is 6.95. The van der Waals surface area contributed by atoms with Gasteiger partial charge in [0.1, 0.15) is 11.8 Å². The number of carboxylic acid groups (broad SMARTS) is 1. The van der Waals surface area contributed by atoms with Crippen LogP contribution in [0.3, 0.4) is 0 Å². The second-order valence-electron chi connectivity index (χ2n) is 5.74. The van der Waals surface area contributed by atoms with Gasteiger partial charge >= 0.3 is 5.97 Å². The summed E-state index contributed by atoms with van der Waals surface area (Å²) in [6.45, 7) is 5.76. The number of nitrogens with one attached hydrogen (secondary N) is 2. The molecule has 2 aromatic heterocycles. The Labute approximate surface area is 156 Å². The molecule has 0 amide bonds. The molecule has 0 spiro atoms. The van der Waals surface area contributed by atoms with E-state index in [2.05, 4.69) is 10.3 Å². The number of carboxylic acids is 1. The fourth-order valence-electron chi connectivity index (χ4n) is 2.64. The van der Waals surface area contributed by atoms with Crippen LogP contribution in [0.2, 0.25) is 0 Å². The van der Waals surface area contributed by atoms with Crippen LogP contribution in [-0.4, -0.2) is 39.7 Å². The number of aromatic nitrogens is 2. The zero-order valence-corrected chi connectivity index (χ0v) is 15.4. The smallest absolute Gasteiger partial charge is 0.341 e. The minimum atomic E-state index is -1.32. The first-order valence-corrected chi connectivity index (χ1v) is 8.39. The highest BCUT2D eigenvalue weighted by atomic mass is 16.5. The maximum Gasteiger partial charge on any atom is 0.341 e. The standard InChI is InChI=1S/C19H22N4O4/c1-4-27-13(3)22-10-14(9-20)16-11-23(15-5-7-21-8-6-15)18(24)17(12(16)2)19(25)26/h5-11,13,20,22H,4H2,1-3H3,(H,25,26)/b14-10+,20-9?. The van der Waals surface area contributed by atoms with Crippen molar-refractivity contribution in [1.29, 1.82) is 5.41 Å². The summed E-state index contributed by atoms with van der Waals surface area (Å²) in [4.78, 5) is 28.3. The molecule has 0 aliphatic carbocycles. The monoisotopic (exact) mass is 370 g/mol. The van der Waals surface area contributed by atoms with E-state index >= 15 is 0 Å². The number of allylic oxidation sites excluding steroid dienone is 1. The van der Waals surface area contributed by atoms with Crippen molar-refractivity contribution in [2.24, 2.45) is 0 Å². The molecule has 0 bridgehead atoms. The second kappa shape index (κ2) is 8.91. The van der Waals surface area contributed by atoms with Gasteiger partial charge in [0.05, 0.1) is 5.69 Å². The van der Waals surface area contributed by atoms with Crippen LogP contribution in [0.4, 0.5) is 0 Å². The molecule has 0 radical (unpaired) electrons. The molecule has 0 aromatic carbocycles. The maximum atomic E-state index is 12.7. The second-order valence-corrected chi connectivity index (χ2v) is 5.74. The largest absolute Gasteiger partial charge is 0.477 e. The van der Waals surface area contributed by atoms with Crippen LogP contribution in [-0.2, 0) is 4.74 Å². The van der Waals surface area contributed by atoms with E-state index in [1.54, 1.807) is 25.3 Å². The minimum Gasteiger partial charge on any atom is -0.477 e. The quantitative estimate of drug-likeness (QED) is 0.484. The zero-order valence-electron chi connectivity index (χ0n) is 15.4. The van der Waals surface area contributed by atoms with Crippen molar-refractivity contribution in [3.05, 3.63) is 64.0 Å². The summed E-state index contributed by atoms with van der Waals surface area (Å²) in [5, 5.41) is 20.3. The highest BCUT2D eigenvalue weighted by Crippen LogP contribution is 2.20. The molecule has 8 heteroatoms. The summed E-state index contributed by atoms with van der Waals surface area (Å²) in [7, 11) is 0. The van der Waals surface area contributed by atoms with Crippen LogP contribution in [0.25, 0.3) is 11.3 Å². The molecule has 1 atom stereocenters. The van der Waals surface area contributed by atoms with Gasteiger partial charge in [0.25, 0.3) is 5.56 Å². The molecule has 27 heavy (non-hydrogen) atoms. The molecule has 2 rings (SSSR count). The molecule has 1 unspecified atom stereocenters. The fraction of sp³-hybridized carbons (Fsp3) is 0.263. The molecule has 0 saturated heterocycles. The molecule has 0 aliphatic rings. The van der Waals surface area contributed by atoms with E-state index in [4.69, 9.17) is 10.1 Å². The Morgan fingerprint density at radius 3 is 2.67 bits per heavy atom. The first-order chi connectivity index (χ1) is 12.9. The number of aromatic carboxylic acids is 1. The predicted octanol–water partition coefficient (Wildman–Crippen LogP) is 2.20. The van der Waals surface area contributed by atoms with Gasteiger partial charge in [0.2, 0.25) is 0 Å². The van der Waals surface area contributed by atoms with Crippen molar-refractivity contribution >= 4 is 17.8 Å². The zero-order chi connectivity index (χ0) is 20.0. The normalized spacial score (nSPS) is 12.5. The topological polar surface area (TPSA) is 117 Å². The molecule has 0 aliphatic heterocycles. The van der Waals surface area contributed by atoms with Gasteiger partial charge < -0.3 is 20.6 Å². The number of ether oxygens (including phenoxy) is 1. The molecular weight excluding hydrogens is 348 g/mol. The predicted molar refractivity (Wildman–Crippen MR) is 103 cm³/mol. The van der Waals surface area contributed by atoms with Crippen molar-refractivity contribution < 1.29 is 14.6 Å². The highest BCUT2D eigenvalue weighted by Gasteiger charge is 2.20. The van der Waals surface area contributed by atoms with Crippen molar-refractivity contribution in [2.75, 3.05) is 6.61 Å². The van der Waals surface area contributed by atoms with Crippen LogP contribution >= 0.6 is 0 Å². The fourth-order valence-corrected chi connectivity index (χ4v) is 2.64. The molecule has 2 heterocycles. The van der Waals surface area contributed by atoms with E-state index in [9.17, 15) is 14.7 Å². The number of rotatable bonds is 8. The lowest BCUT2D eigenvalue weighted by molar-refractivity contribution is 0.0621. The Hall–Kier alpha value is -3.26. The average Bonchev–Trinajstić information content (AvgIpc) is 2.64. The lowest BCUT2D eigenvalue weighted by Gasteiger charge is -2.16. The van der Waals surface area contributed by atoms with Gasteiger partial charge in [-0.1, -0.05) is 0 Å². The third-order valence-electron chi connectivity index (χ3n) is 3.98. The molecule has 142 valence electrons. The van der Waals surface area contributed by atoms with Crippen molar-refractivity contribution in [1.82, 2.24) is 14.9 Å². The number of hydrogen-bond acceptors (Lipinski definition) is 6. The summed E-state index contributed by atoms with van der Waals surface area (Å²) in [6, 6.07) is 3.21. The van der Waals surface area contributed by atoms with Gasteiger partial charge in [-0.15, -0.1) is 0 Å².